The van der Waals surface area contributed by atoms with Crippen molar-refractivity contribution in [2.75, 3.05) is 0 Å². The van der Waals surface area contributed by atoms with E-state index in [2.05, 4.69) is 39.0 Å². The summed E-state index contributed by atoms with van der Waals surface area (Å²) in [5.74, 6) is 0. The van der Waals surface area contributed by atoms with Crippen LogP contribution < -0.4 is 0 Å². The molecule has 1 aromatic rings. The van der Waals surface area contributed by atoms with Crippen molar-refractivity contribution in [3.8, 4) is 0 Å². The van der Waals surface area contributed by atoms with E-state index in [-0.39, 0.29) is 10.7 Å². The molecular formula is C17H23NOS. The van der Waals surface area contributed by atoms with Crippen LogP contribution in [0.5, 0.6) is 0 Å². The predicted molar refractivity (Wildman–Crippen MR) is 87.5 cm³/mol. The monoisotopic (exact) mass is 289 g/mol. The summed E-state index contributed by atoms with van der Waals surface area (Å²) in [4.78, 5) is 16.9. The fourth-order valence-corrected chi connectivity index (χ4v) is 3.54. The Morgan fingerprint density at radius 3 is 2.80 bits per heavy atom. The number of carbonyl (C=O) groups is 1. The van der Waals surface area contributed by atoms with Crippen LogP contribution in [0.25, 0.3) is 0 Å². The number of rotatable bonds is 4. The van der Waals surface area contributed by atoms with E-state index in [1.807, 2.05) is 6.07 Å². The number of nitrogens with zero attached hydrogens (tertiary/aromatic N) is 1. The van der Waals surface area contributed by atoms with Crippen molar-refractivity contribution >= 4 is 21.9 Å². The van der Waals surface area contributed by atoms with Gasteiger partial charge in [-0.1, -0.05) is 44.0 Å². The van der Waals surface area contributed by atoms with E-state index >= 15 is 0 Å². The molecule has 0 atom stereocenters. The van der Waals surface area contributed by atoms with Crippen LogP contribution in [0.3, 0.4) is 0 Å². The topological polar surface area (TPSA) is 29.4 Å². The Balaban J connectivity index is 2.12. The van der Waals surface area contributed by atoms with Gasteiger partial charge in [0, 0.05) is 12.0 Å². The molecule has 0 aliphatic carbocycles. The molecule has 0 saturated carbocycles. The zero-order chi connectivity index (χ0) is 14.6. The number of fused-ring (bicyclic) bond motifs is 1. The fourth-order valence-electron chi connectivity index (χ4n) is 2.48. The van der Waals surface area contributed by atoms with Crippen LogP contribution in [0.2, 0.25) is 0 Å². The molecular weight excluding hydrogens is 266 g/mol. The highest BCUT2D eigenvalue weighted by molar-refractivity contribution is 8.26. The number of thioether (sulfide) groups is 1. The fraction of sp³-hybridized carbons (Fsp3) is 0.529. The Labute approximate surface area is 126 Å². The van der Waals surface area contributed by atoms with Gasteiger partial charge in [0.1, 0.15) is 5.04 Å². The number of hydrogen-bond acceptors (Lipinski definition) is 3. The molecule has 2 nitrogen and oxygen atoms in total. The molecule has 0 N–H and O–H groups in total. The molecule has 20 heavy (non-hydrogen) atoms. The van der Waals surface area contributed by atoms with E-state index < -0.39 is 0 Å². The first-order chi connectivity index (χ1) is 9.52. The minimum absolute atomic E-state index is 0.111. The van der Waals surface area contributed by atoms with Gasteiger partial charge in [-0.25, -0.2) is 0 Å². The van der Waals surface area contributed by atoms with Gasteiger partial charge in [0.15, 0.2) is 5.12 Å². The second-order valence-corrected chi connectivity index (χ2v) is 7.04. The van der Waals surface area contributed by atoms with Crippen LogP contribution in [0, 0.1) is 0 Å². The molecule has 108 valence electrons. The molecule has 0 spiro atoms. The highest BCUT2D eigenvalue weighted by Gasteiger charge is 2.27. The maximum atomic E-state index is 12.1. The summed E-state index contributed by atoms with van der Waals surface area (Å²) < 4.78 is 0. The Morgan fingerprint density at radius 2 is 2.05 bits per heavy atom. The highest BCUT2D eigenvalue weighted by Crippen LogP contribution is 2.31. The number of unbranched alkanes of at least 4 members (excludes halogenated alkanes) is 2. The van der Waals surface area contributed by atoms with Crippen molar-refractivity contribution in [3.05, 3.63) is 35.4 Å². The zero-order valence-electron chi connectivity index (χ0n) is 12.6. The molecule has 0 amide bonds. The van der Waals surface area contributed by atoms with E-state index in [4.69, 9.17) is 4.99 Å². The van der Waals surface area contributed by atoms with Crippen LogP contribution in [0.15, 0.2) is 29.3 Å². The molecule has 1 aliphatic heterocycles. The Hall–Kier alpha value is -1.09. The zero-order valence-corrected chi connectivity index (χ0v) is 13.4. The van der Waals surface area contributed by atoms with Gasteiger partial charge in [0.05, 0.1) is 5.54 Å². The van der Waals surface area contributed by atoms with Crippen molar-refractivity contribution in [2.45, 2.75) is 58.4 Å². The number of hydrogen-bond donors (Lipinski definition) is 0. The summed E-state index contributed by atoms with van der Waals surface area (Å²) in [5.41, 5.74) is 2.33. The molecule has 2 rings (SSSR count). The smallest absolute Gasteiger partial charge is 0.195 e. The average Bonchev–Trinajstić information content (AvgIpc) is 2.37. The average molecular weight is 289 g/mol. The molecule has 3 heteroatoms. The largest absolute Gasteiger partial charge is 0.287 e. The molecule has 0 radical (unpaired) electrons. The minimum atomic E-state index is -0.111. The lowest BCUT2D eigenvalue weighted by molar-refractivity contribution is -0.111. The van der Waals surface area contributed by atoms with Crippen molar-refractivity contribution in [3.63, 3.8) is 0 Å². The first kappa shape index (κ1) is 15.3. The first-order valence-electron chi connectivity index (χ1n) is 7.40. The second-order valence-electron chi connectivity index (χ2n) is 5.99. The van der Waals surface area contributed by atoms with Gasteiger partial charge >= 0.3 is 0 Å². The first-order valence-corrected chi connectivity index (χ1v) is 8.22. The van der Waals surface area contributed by atoms with Crippen LogP contribution >= 0.6 is 11.8 Å². The molecule has 1 aromatic carbocycles. The Bertz CT molecular complexity index is 519. The molecule has 1 aliphatic rings. The highest BCUT2D eigenvalue weighted by atomic mass is 32.2. The summed E-state index contributed by atoms with van der Waals surface area (Å²) >= 11 is 1.33. The van der Waals surface area contributed by atoms with Crippen molar-refractivity contribution in [2.24, 2.45) is 4.99 Å². The van der Waals surface area contributed by atoms with Gasteiger partial charge in [0.25, 0.3) is 0 Å². The molecule has 0 unspecified atom stereocenters. The lowest BCUT2D eigenvalue weighted by Gasteiger charge is -2.28. The van der Waals surface area contributed by atoms with Gasteiger partial charge in [-0.15, -0.1) is 0 Å². The van der Waals surface area contributed by atoms with Gasteiger partial charge < -0.3 is 0 Å². The Morgan fingerprint density at radius 1 is 1.30 bits per heavy atom. The third-order valence-electron chi connectivity index (χ3n) is 3.47. The van der Waals surface area contributed by atoms with E-state index in [0.717, 1.165) is 36.3 Å². The molecule has 0 saturated heterocycles. The van der Waals surface area contributed by atoms with Crippen LogP contribution in [0.1, 0.15) is 57.6 Å². The Kier molecular flexibility index (Phi) is 5.03. The lowest BCUT2D eigenvalue weighted by Crippen LogP contribution is -2.28. The van der Waals surface area contributed by atoms with Crippen molar-refractivity contribution in [1.29, 1.82) is 0 Å². The third kappa shape index (κ3) is 3.95. The van der Waals surface area contributed by atoms with Gasteiger partial charge in [-0.05, 0) is 44.0 Å². The maximum absolute atomic E-state index is 12.1. The van der Waals surface area contributed by atoms with E-state index in [1.54, 1.807) is 0 Å². The predicted octanol–water partition coefficient (Wildman–Crippen LogP) is 4.61. The third-order valence-corrected chi connectivity index (χ3v) is 4.41. The van der Waals surface area contributed by atoms with Crippen LogP contribution in [-0.4, -0.2) is 15.7 Å². The summed E-state index contributed by atoms with van der Waals surface area (Å²) in [6.45, 7) is 6.41. The van der Waals surface area contributed by atoms with Crippen LogP contribution in [-0.2, 0) is 11.2 Å². The van der Waals surface area contributed by atoms with Gasteiger partial charge in [-0.2, -0.15) is 0 Å². The second kappa shape index (κ2) is 6.57. The maximum Gasteiger partial charge on any atom is 0.195 e. The van der Waals surface area contributed by atoms with Gasteiger partial charge in [-0.3, -0.25) is 9.79 Å². The number of carbonyl (C=O) groups excluding carboxylic acids is 1. The SMILES string of the molecule is CCCCCC(=O)SC1=NC(C)(C)Cc2ccccc21. The van der Waals surface area contributed by atoms with Gasteiger partial charge in [0.2, 0.25) is 0 Å². The van der Waals surface area contributed by atoms with E-state index in [9.17, 15) is 4.79 Å². The molecule has 0 bridgehead atoms. The normalized spacial score (nSPS) is 16.4. The minimum Gasteiger partial charge on any atom is -0.287 e. The number of benzene rings is 1. The van der Waals surface area contributed by atoms with E-state index in [0.29, 0.717) is 6.42 Å². The summed E-state index contributed by atoms with van der Waals surface area (Å²) in [6.07, 6.45) is 4.85. The van der Waals surface area contributed by atoms with E-state index in [1.165, 1.54) is 17.3 Å². The molecule has 0 fully saturated rings. The lowest BCUT2D eigenvalue weighted by atomic mass is 9.90. The molecule has 0 aromatic heterocycles. The summed E-state index contributed by atoms with van der Waals surface area (Å²) in [6, 6.07) is 8.31. The van der Waals surface area contributed by atoms with Crippen molar-refractivity contribution < 1.29 is 4.79 Å². The standard InChI is InChI=1S/C17H23NOS/c1-4-5-6-11-15(19)20-16-14-10-8-7-9-13(14)12-17(2,3)18-16/h7-10H,4-6,11-12H2,1-3H3. The van der Waals surface area contributed by atoms with Crippen molar-refractivity contribution in [1.82, 2.24) is 0 Å². The summed E-state index contributed by atoms with van der Waals surface area (Å²) in [7, 11) is 0. The van der Waals surface area contributed by atoms with Crippen LogP contribution in [0.4, 0.5) is 0 Å². The molecule has 1 heterocycles. The quantitative estimate of drug-likeness (QED) is 0.758. The summed E-state index contributed by atoms with van der Waals surface area (Å²) in [5, 5.41) is 1.14. The number of aliphatic imine (C=N–C) groups is 1.